The van der Waals surface area contributed by atoms with Crippen LogP contribution < -0.4 is 5.32 Å². The largest absolute Gasteiger partial charge is 0.313 e. The van der Waals surface area contributed by atoms with Crippen LogP contribution in [0.1, 0.15) is 59.8 Å². The average molecular weight is 197 g/mol. The van der Waals surface area contributed by atoms with Crippen molar-refractivity contribution in [2.75, 3.05) is 6.54 Å². The van der Waals surface area contributed by atoms with Crippen molar-refractivity contribution in [3.63, 3.8) is 0 Å². The van der Waals surface area contributed by atoms with Crippen LogP contribution in [0, 0.1) is 11.3 Å². The van der Waals surface area contributed by atoms with Crippen molar-refractivity contribution in [2.45, 2.75) is 65.8 Å². The van der Waals surface area contributed by atoms with E-state index >= 15 is 0 Å². The first-order valence-corrected chi connectivity index (χ1v) is 6.23. The molecule has 0 amide bonds. The van der Waals surface area contributed by atoms with Crippen molar-refractivity contribution in [3.05, 3.63) is 0 Å². The zero-order chi connectivity index (χ0) is 10.6. The lowest BCUT2D eigenvalue weighted by Gasteiger charge is -2.25. The number of nitrogens with one attached hydrogen (secondary N) is 1. The van der Waals surface area contributed by atoms with Crippen LogP contribution in [0.2, 0.25) is 0 Å². The highest BCUT2D eigenvalue weighted by atomic mass is 15.0. The number of hydrogen-bond acceptors (Lipinski definition) is 1. The summed E-state index contributed by atoms with van der Waals surface area (Å²) >= 11 is 0. The molecule has 0 aromatic rings. The first-order valence-electron chi connectivity index (χ1n) is 6.23. The van der Waals surface area contributed by atoms with Crippen molar-refractivity contribution in [2.24, 2.45) is 11.3 Å². The molecule has 1 aliphatic rings. The van der Waals surface area contributed by atoms with Gasteiger partial charge in [-0.1, -0.05) is 40.5 Å². The average Bonchev–Trinajstić information content (AvgIpc) is 2.82. The summed E-state index contributed by atoms with van der Waals surface area (Å²) in [5, 5.41) is 3.63. The van der Waals surface area contributed by atoms with Gasteiger partial charge in [0.15, 0.2) is 0 Å². The third-order valence-corrected chi connectivity index (χ3v) is 3.08. The highest BCUT2D eigenvalue weighted by Crippen LogP contribution is 2.26. The molecule has 0 heterocycles. The van der Waals surface area contributed by atoms with Gasteiger partial charge in [-0.05, 0) is 30.6 Å². The topological polar surface area (TPSA) is 12.0 Å². The summed E-state index contributed by atoms with van der Waals surface area (Å²) in [6, 6.07) is 0.861. The van der Waals surface area contributed by atoms with Gasteiger partial charge in [0.25, 0.3) is 0 Å². The summed E-state index contributed by atoms with van der Waals surface area (Å²) in [5.41, 5.74) is 0.497. The van der Waals surface area contributed by atoms with E-state index in [1.807, 2.05) is 0 Å². The standard InChI is InChI=1S/C13H27N/c1-11(2)6-5-9-13(3,4)10-14-12-7-8-12/h11-12,14H,5-10H2,1-4H3. The normalized spacial score (nSPS) is 17.8. The molecule has 84 valence electrons. The molecule has 0 spiro atoms. The van der Waals surface area contributed by atoms with Crippen molar-refractivity contribution in [3.8, 4) is 0 Å². The highest BCUT2D eigenvalue weighted by Gasteiger charge is 2.24. The molecule has 1 nitrogen and oxygen atoms in total. The van der Waals surface area contributed by atoms with Gasteiger partial charge in [0.1, 0.15) is 0 Å². The fourth-order valence-corrected chi connectivity index (χ4v) is 1.79. The lowest BCUT2D eigenvalue weighted by atomic mass is 9.86. The minimum absolute atomic E-state index is 0.497. The lowest BCUT2D eigenvalue weighted by molar-refractivity contribution is 0.295. The van der Waals surface area contributed by atoms with Gasteiger partial charge in [0, 0.05) is 12.6 Å². The summed E-state index contributed by atoms with van der Waals surface area (Å²) < 4.78 is 0. The molecule has 0 aromatic heterocycles. The Bertz CT molecular complexity index is 157. The van der Waals surface area contributed by atoms with Gasteiger partial charge < -0.3 is 5.32 Å². The predicted molar refractivity (Wildman–Crippen MR) is 63.5 cm³/mol. The third-order valence-electron chi connectivity index (χ3n) is 3.08. The summed E-state index contributed by atoms with van der Waals surface area (Å²) in [5.74, 6) is 0.863. The molecule has 0 saturated heterocycles. The summed E-state index contributed by atoms with van der Waals surface area (Å²) in [6.07, 6.45) is 6.94. The summed E-state index contributed by atoms with van der Waals surface area (Å²) in [4.78, 5) is 0. The molecule has 0 radical (unpaired) electrons. The quantitative estimate of drug-likeness (QED) is 0.657. The SMILES string of the molecule is CC(C)CCCC(C)(C)CNC1CC1. The maximum Gasteiger partial charge on any atom is 0.00684 e. The third kappa shape index (κ3) is 5.64. The van der Waals surface area contributed by atoms with Crippen LogP contribution in [-0.4, -0.2) is 12.6 Å². The maximum atomic E-state index is 3.63. The maximum absolute atomic E-state index is 3.63. The van der Waals surface area contributed by atoms with Crippen molar-refractivity contribution in [1.82, 2.24) is 5.32 Å². The zero-order valence-electron chi connectivity index (χ0n) is 10.4. The molecule has 14 heavy (non-hydrogen) atoms. The minimum Gasteiger partial charge on any atom is -0.313 e. The fourth-order valence-electron chi connectivity index (χ4n) is 1.79. The zero-order valence-corrected chi connectivity index (χ0v) is 10.4. The molecule has 1 rings (SSSR count). The molecule has 1 aliphatic carbocycles. The van der Waals surface area contributed by atoms with E-state index in [2.05, 4.69) is 33.0 Å². The molecule has 0 aromatic carbocycles. The first-order chi connectivity index (χ1) is 6.49. The van der Waals surface area contributed by atoms with Crippen molar-refractivity contribution < 1.29 is 0 Å². The minimum atomic E-state index is 0.497. The molecule has 1 saturated carbocycles. The molecule has 0 atom stereocenters. The van der Waals surface area contributed by atoms with Crippen molar-refractivity contribution in [1.29, 1.82) is 0 Å². The predicted octanol–water partition coefficient (Wildman–Crippen LogP) is 3.59. The van der Waals surface area contributed by atoms with Gasteiger partial charge in [-0.15, -0.1) is 0 Å². The monoisotopic (exact) mass is 197 g/mol. The molecule has 0 bridgehead atoms. The van der Waals surface area contributed by atoms with Gasteiger partial charge in [-0.2, -0.15) is 0 Å². The summed E-state index contributed by atoms with van der Waals surface area (Å²) in [6.45, 7) is 10.6. The Kier molecular flexibility index (Phi) is 4.43. The van der Waals surface area contributed by atoms with Gasteiger partial charge in [0.05, 0.1) is 0 Å². The second-order valence-corrected chi connectivity index (χ2v) is 6.11. The van der Waals surface area contributed by atoms with E-state index in [-0.39, 0.29) is 0 Å². The summed E-state index contributed by atoms with van der Waals surface area (Å²) in [7, 11) is 0. The molecule has 0 unspecified atom stereocenters. The van der Waals surface area contributed by atoms with Gasteiger partial charge in [-0.3, -0.25) is 0 Å². The van der Waals surface area contributed by atoms with E-state index in [4.69, 9.17) is 0 Å². The van der Waals surface area contributed by atoms with Crippen LogP contribution >= 0.6 is 0 Å². The van der Waals surface area contributed by atoms with E-state index in [9.17, 15) is 0 Å². The second-order valence-electron chi connectivity index (χ2n) is 6.11. The van der Waals surface area contributed by atoms with Gasteiger partial charge in [-0.25, -0.2) is 0 Å². The van der Waals surface area contributed by atoms with Gasteiger partial charge >= 0.3 is 0 Å². The van der Waals surface area contributed by atoms with E-state index in [1.54, 1.807) is 0 Å². The Morgan fingerprint density at radius 2 is 1.93 bits per heavy atom. The second kappa shape index (κ2) is 5.16. The van der Waals surface area contributed by atoms with Crippen LogP contribution in [0.25, 0.3) is 0 Å². The van der Waals surface area contributed by atoms with Gasteiger partial charge in [0.2, 0.25) is 0 Å². The van der Waals surface area contributed by atoms with Crippen molar-refractivity contribution >= 4 is 0 Å². The van der Waals surface area contributed by atoms with Crippen LogP contribution in [0.3, 0.4) is 0 Å². The molecular weight excluding hydrogens is 170 g/mol. The van der Waals surface area contributed by atoms with Crippen LogP contribution in [0.4, 0.5) is 0 Å². The Morgan fingerprint density at radius 3 is 2.43 bits per heavy atom. The Hall–Kier alpha value is -0.0400. The highest BCUT2D eigenvalue weighted by molar-refractivity contribution is 4.84. The molecule has 1 N–H and O–H groups in total. The smallest absolute Gasteiger partial charge is 0.00684 e. The van der Waals surface area contributed by atoms with Crippen LogP contribution in [0.15, 0.2) is 0 Å². The van der Waals surface area contributed by atoms with Crippen LogP contribution in [0.5, 0.6) is 0 Å². The van der Waals surface area contributed by atoms with E-state index in [1.165, 1.54) is 38.6 Å². The molecular formula is C13H27N. The Balaban J connectivity index is 2.05. The number of hydrogen-bond donors (Lipinski definition) is 1. The number of rotatable bonds is 7. The Morgan fingerprint density at radius 1 is 1.29 bits per heavy atom. The Labute approximate surface area is 89.7 Å². The first kappa shape index (κ1) is 12.0. The van der Waals surface area contributed by atoms with E-state index in [0.717, 1.165) is 12.0 Å². The molecule has 1 fully saturated rings. The lowest BCUT2D eigenvalue weighted by Crippen LogP contribution is -2.30. The molecule has 1 heteroatoms. The van der Waals surface area contributed by atoms with E-state index < -0.39 is 0 Å². The fraction of sp³-hybridized carbons (Fsp3) is 1.00. The molecule has 0 aliphatic heterocycles. The van der Waals surface area contributed by atoms with Crippen LogP contribution in [-0.2, 0) is 0 Å². The van der Waals surface area contributed by atoms with E-state index in [0.29, 0.717) is 5.41 Å².